The van der Waals surface area contributed by atoms with Crippen LogP contribution in [0, 0.1) is 0 Å². The average molecular weight is 317 g/mol. The number of aromatic nitrogens is 1. The van der Waals surface area contributed by atoms with Crippen molar-refractivity contribution in [1.29, 1.82) is 0 Å². The molecule has 0 aliphatic rings. The molecule has 0 fully saturated rings. The molecule has 0 aliphatic heterocycles. The molecule has 0 saturated heterocycles. The van der Waals surface area contributed by atoms with E-state index in [-0.39, 0.29) is 0 Å². The van der Waals surface area contributed by atoms with Crippen LogP contribution in [0.5, 0.6) is 0 Å². The van der Waals surface area contributed by atoms with E-state index < -0.39 is 5.97 Å². The molecule has 0 atom stereocenters. The largest absolute Gasteiger partial charge is 0.477 e. The van der Waals surface area contributed by atoms with Gasteiger partial charge in [0.25, 0.3) is 0 Å². The summed E-state index contributed by atoms with van der Waals surface area (Å²) in [6, 6.07) is 11.5. The standard InChI is InChI=1S/C15H11NO3S2/c17-15(18)13-6-11(8-21-13)20-9-14-16-7-12(19-14)10-4-2-1-3-5-10/h1-8H,9H2,(H,17,18). The van der Waals surface area contributed by atoms with Gasteiger partial charge in [-0.05, 0) is 6.07 Å². The Morgan fingerprint density at radius 3 is 2.86 bits per heavy atom. The van der Waals surface area contributed by atoms with Crippen molar-refractivity contribution in [3.8, 4) is 11.3 Å². The molecule has 0 radical (unpaired) electrons. The average Bonchev–Trinajstić information content (AvgIpc) is 3.15. The Kier molecular flexibility index (Phi) is 4.08. The highest BCUT2D eigenvalue weighted by atomic mass is 32.2. The molecule has 0 amide bonds. The summed E-state index contributed by atoms with van der Waals surface area (Å²) < 4.78 is 5.70. The van der Waals surface area contributed by atoms with E-state index in [0.29, 0.717) is 16.5 Å². The second-order valence-electron chi connectivity index (χ2n) is 4.22. The van der Waals surface area contributed by atoms with Crippen LogP contribution in [0.3, 0.4) is 0 Å². The summed E-state index contributed by atoms with van der Waals surface area (Å²) in [5, 5.41) is 10.7. The van der Waals surface area contributed by atoms with Crippen LogP contribution in [0.15, 0.2) is 57.3 Å². The Bertz CT molecular complexity index is 749. The lowest BCUT2D eigenvalue weighted by Gasteiger charge is -1.95. The lowest BCUT2D eigenvalue weighted by Crippen LogP contribution is -1.89. The number of aromatic carboxylic acids is 1. The summed E-state index contributed by atoms with van der Waals surface area (Å²) in [6.45, 7) is 0. The lowest BCUT2D eigenvalue weighted by atomic mass is 10.2. The molecule has 1 N–H and O–H groups in total. The molecular formula is C15H11NO3S2. The van der Waals surface area contributed by atoms with Crippen molar-refractivity contribution in [1.82, 2.24) is 4.98 Å². The third-order valence-electron chi connectivity index (χ3n) is 2.76. The van der Waals surface area contributed by atoms with Gasteiger partial charge in [0.2, 0.25) is 5.89 Å². The number of thiophene rings is 1. The van der Waals surface area contributed by atoms with Gasteiger partial charge in [-0.2, -0.15) is 0 Å². The van der Waals surface area contributed by atoms with Gasteiger partial charge >= 0.3 is 5.97 Å². The monoisotopic (exact) mass is 317 g/mol. The molecule has 0 unspecified atom stereocenters. The van der Waals surface area contributed by atoms with Gasteiger partial charge in [-0.1, -0.05) is 30.3 Å². The Morgan fingerprint density at radius 1 is 1.33 bits per heavy atom. The fourth-order valence-electron chi connectivity index (χ4n) is 1.76. The number of hydrogen-bond acceptors (Lipinski definition) is 5. The number of oxazole rings is 1. The third kappa shape index (κ3) is 3.34. The van der Waals surface area contributed by atoms with Crippen molar-refractivity contribution in [2.45, 2.75) is 10.6 Å². The van der Waals surface area contributed by atoms with Gasteiger partial charge in [-0.15, -0.1) is 23.1 Å². The van der Waals surface area contributed by atoms with Crippen LogP contribution in [-0.4, -0.2) is 16.1 Å². The molecule has 1 aromatic carbocycles. The molecule has 0 bridgehead atoms. The Labute approximate surface area is 129 Å². The maximum Gasteiger partial charge on any atom is 0.345 e. The van der Waals surface area contributed by atoms with E-state index in [0.717, 1.165) is 16.2 Å². The maximum atomic E-state index is 10.8. The summed E-state index contributed by atoms with van der Waals surface area (Å²) >= 11 is 2.73. The highest BCUT2D eigenvalue weighted by molar-refractivity contribution is 7.98. The Morgan fingerprint density at radius 2 is 2.14 bits per heavy atom. The van der Waals surface area contributed by atoms with Crippen molar-refractivity contribution in [2.75, 3.05) is 0 Å². The van der Waals surface area contributed by atoms with Crippen LogP contribution in [-0.2, 0) is 5.75 Å². The number of rotatable bonds is 5. The molecule has 4 nitrogen and oxygen atoms in total. The van der Waals surface area contributed by atoms with Gasteiger partial charge in [0.15, 0.2) is 5.76 Å². The van der Waals surface area contributed by atoms with Gasteiger partial charge in [0.1, 0.15) is 4.88 Å². The number of thioether (sulfide) groups is 1. The highest BCUT2D eigenvalue weighted by Crippen LogP contribution is 2.29. The molecular weight excluding hydrogens is 306 g/mol. The molecule has 0 aliphatic carbocycles. The van der Waals surface area contributed by atoms with Gasteiger partial charge in [0, 0.05) is 15.8 Å². The molecule has 2 aromatic heterocycles. The summed E-state index contributed by atoms with van der Waals surface area (Å²) in [6.07, 6.45) is 1.71. The third-order valence-corrected chi connectivity index (χ3v) is 4.79. The van der Waals surface area contributed by atoms with E-state index >= 15 is 0 Å². The Balaban J connectivity index is 1.66. The molecule has 3 rings (SSSR count). The summed E-state index contributed by atoms with van der Waals surface area (Å²) in [7, 11) is 0. The zero-order chi connectivity index (χ0) is 14.7. The fourth-order valence-corrected chi connectivity index (χ4v) is 3.49. The first kappa shape index (κ1) is 13.9. The molecule has 6 heteroatoms. The summed E-state index contributed by atoms with van der Waals surface area (Å²) in [5.74, 6) is 1.04. The number of carboxylic acid groups (broad SMARTS) is 1. The number of carboxylic acids is 1. The predicted molar refractivity (Wildman–Crippen MR) is 82.8 cm³/mol. The highest BCUT2D eigenvalue weighted by Gasteiger charge is 2.10. The first-order chi connectivity index (χ1) is 10.2. The lowest BCUT2D eigenvalue weighted by molar-refractivity contribution is 0.0702. The summed E-state index contributed by atoms with van der Waals surface area (Å²) in [4.78, 5) is 16.3. The van der Waals surface area contributed by atoms with Crippen LogP contribution in [0.25, 0.3) is 11.3 Å². The van der Waals surface area contributed by atoms with Crippen LogP contribution in [0.2, 0.25) is 0 Å². The minimum absolute atomic E-state index is 0.342. The molecule has 0 saturated carbocycles. The van der Waals surface area contributed by atoms with Gasteiger partial charge in [-0.25, -0.2) is 9.78 Å². The number of hydrogen-bond donors (Lipinski definition) is 1. The van der Waals surface area contributed by atoms with E-state index in [4.69, 9.17) is 9.52 Å². The zero-order valence-electron chi connectivity index (χ0n) is 10.9. The summed E-state index contributed by atoms with van der Waals surface area (Å²) in [5.41, 5.74) is 0.991. The van der Waals surface area contributed by atoms with Crippen molar-refractivity contribution >= 4 is 29.1 Å². The fraction of sp³-hybridized carbons (Fsp3) is 0.0667. The van der Waals surface area contributed by atoms with E-state index in [1.807, 2.05) is 35.7 Å². The molecule has 0 spiro atoms. The second-order valence-corrected chi connectivity index (χ2v) is 6.18. The Hall–Kier alpha value is -2.05. The van der Waals surface area contributed by atoms with E-state index in [9.17, 15) is 4.79 Å². The number of benzene rings is 1. The first-order valence-corrected chi connectivity index (χ1v) is 8.03. The van der Waals surface area contributed by atoms with E-state index in [1.165, 1.54) is 23.1 Å². The normalized spacial score (nSPS) is 10.7. The maximum absolute atomic E-state index is 10.8. The first-order valence-electron chi connectivity index (χ1n) is 6.17. The SMILES string of the molecule is O=C(O)c1cc(SCc2ncc(-c3ccccc3)o2)cs1. The van der Waals surface area contributed by atoms with Crippen LogP contribution in [0.1, 0.15) is 15.6 Å². The minimum Gasteiger partial charge on any atom is -0.477 e. The predicted octanol–water partition coefficient (Wildman–Crippen LogP) is 4.39. The van der Waals surface area contributed by atoms with E-state index in [2.05, 4.69) is 4.98 Å². The van der Waals surface area contributed by atoms with Crippen molar-refractivity contribution in [3.63, 3.8) is 0 Å². The van der Waals surface area contributed by atoms with Gasteiger partial charge < -0.3 is 9.52 Å². The number of carbonyl (C=O) groups is 1. The molecule has 2 heterocycles. The van der Waals surface area contributed by atoms with E-state index in [1.54, 1.807) is 12.3 Å². The quantitative estimate of drug-likeness (QED) is 0.707. The van der Waals surface area contributed by atoms with Crippen LogP contribution < -0.4 is 0 Å². The van der Waals surface area contributed by atoms with Gasteiger partial charge in [0.05, 0.1) is 11.9 Å². The molecule has 106 valence electrons. The van der Waals surface area contributed by atoms with Crippen molar-refractivity contribution < 1.29 is 14.3 Å². The zero-order valence-corrected chi connectivity index (χ0v) is 12.5. The van der Waals surface area contributed by atoms with Gasteiger partial charge in [-0.3, -0.25) is 0 Å². The smallest absolute Gasteiger partial charge is 0.345 e. The van der Waals surface area contributed by atoms with Crippen LogP contribution >= 0.6 is 23.1 Å². The van der Waals surface area contributed by atoms with Crippen molar-refractivity contribution in [3.05, 3.63) is 58.7 Å². The molecule has 21 heavy (non-hydrogen) atoms. The van der Waals surface area contributed by atoms with Crippen molar-refractivity contribution in [2.24, 2.45) is 0 Å². The minimum atomic E-state index is -0.894. The molecule has 3 aromatic rings. The topological polar surface area (TPSA) is 63.3 Å². The number of nitrogens with zero attached hydrogens (tertiary/aromatic N) is 1. The van der Waals surface area contributed by atoms with Crippen LogP contribution in [0.4, 0.5) is 0 Å². The second kappa shape index (κ2) is 6.15.